The molecule has 0 amide bonds. The number of benzene rings is 1. The smallest absolute Gasteiger partial charge is 0.156 e. The Morgan fingerprint density at radius 1 is 1.25 bits per heavy atom. The van der Waals surface area contributed by atoms with Crippen LogP contribution >= 0.6 is 0 Å². The second kappa shape index (κ2) is 4.79. The summed E-state index contributed by atoms with van der Waals surface area (Å²) in [6, 6.07) is 8.19. The van der Waals surface area contributed by atoms with Crippen LogP contribution in [0.5, 0.6) is 0 Å². The Hall–Kier alpha value is -1.15. The minimum absolute atomic E-state index is 0.0739. The molecule has 0 aliphatic heterocycles. The first-order valence-corrected chi connectivity index (χ1v) is 5.71. The maximum atomic E-state index is 11.7. The summed E-state index contributed by atoms with van der Waals surface area (Å²) in [6.45, 7) is 7.81. The fourth-order valence-corrected chi connectivity index (χ4v) is 1.43. The average Bonchev–Trinajstić information content (AvgIpc) is 2.17. The minimum atomic E-state index is -0.739. The molecule has 0 aliphatic rings. The van der Waals surface area contributed by atoms with Gasteiger partial charge in [-0.3, -0.25) is 4.79 Å². The van der Waals surface area contributed by atoms with Crippen LogP contribution in [0.2, 0.25) is 0 Å². The molecule has 0 fully saturated rings. The fraction of sp³-hybridized carbons (Fsp3) is 0.500. The Bertz CT molecular complexity index is 357. The first-order valence-electron chi connectivity index (χ1n) is 5.71. The van der Waals surface area contributed by atoms with E-state index in [-0.39, 0.29) is 5.78 Å². The number of carbonyl (C=O) groups excluding carboxylic acids is 1. The third-order valence-corrected chi connectivity index (χ3v) is 2.73. The lowest BCUT2D eigenvalue weighted by molar-refractivity contribution is -0.122. The lowest BCUT2D eigenvalue weighted by Crippen LogP contribution is -2.42. The van der Waals surface area contributed by atoms with Crippen LogP contribution in [0, 0.1) is 0 Å². The lowest BCUT2D eigenvalue weighted by atomic mass is 9.93. The van der Waals surface area contributed by atoms with Crippen LogP contribution in [0.25, 0.3) is 0 Å². The van der Waals surface area contributed by atoms with Crippen molar-refractivity contribution in [1.29, 1.82) is 0 Å². The summed E-state index contributed by atoms with van der Waals surface area (Å²) in [4.78, 5) is 11.7. The van der Waals surface area contributed by atoms with Crippen molar-refractivity contribution < 1.29 is 4.79 Å². The van der Waals surface area contributed by atoms with Gasteiger partial charge in [0.25, 0.3) is 0 Å². The first-order chi connectivity index (χ1) is 7.30. The number of carbonyl (C=O) groups is 1. The SMILES string of the molecule is CC(C)c1ccc(CC(=O)C(C)(C)N)cc1. The molecule has 0 heterocycles. The summed E-state index contributed by atoms with van der Waals surface area (Å²) in [5, 5.41) is 0. The number of rotatable bonds is 4. The standard InChI is InChI=1S/C14H21NO/c1-10(2)12-7-5-11(6-8-12)9-13(16)14(3,4)15/h5-8,10H,9,15H2,1-4H3. The highest BCUT2D eigenvalue weighted by atomic mass is 16.1. The molecule has 0 saturated heterocycles. The van der Waals surface area contributed by atoms with E-state index in [1.165, 1.54) is 5.56 Å². The van der Waals surface area contributed by atoms with Gasteiger partial charge in [-0.05, 0) is 30.9 Å². The van der Waals surface area contributed by atoms with Gasteiger partial charge in [0.1, 0.15) is 0 Å². The maximum Gasteiger partial charge on any atom is 0.156 e. The molecule has 16 heavy (non-hydrogen) atoms. The fourth-order valence-electron chi connectivity index (χ4n) is 1.43. The predicted molar refractivity (Wildman–Crippen MR) is 67.5 cm³/mol. The van der Waals surface area contributed by atoms with Crippen molar-refractivity contribution in [3.63, 3.8) is 0 Å². The highest BCUT2D eigenvalue weighted by molar-refractivity contribution is 5.89. The third-order valence-electron chi connectivity index (χ3n) is 2.73. The summed E-state index contributed by atoms with van der Waals surface area (Å²) in [7, 11) is 0. The zero-order chi connectivity index (χ0) is 12.3. The van der Waals surface area contributed by atoms with Crippen LogP contribution in [0.1, 0.15) is 44.7 Å². The minimum Gasteiger partial charge on any atom is -0.319 e. The third kappa shape index (κ3) is 3.46. The number of nitrogens with two attached hydrogens (primary N) is 1. The van der Waals surface area contributed by atoms with Crippen molar-refractivity contribution >= 4 is 5.78 Å². The molecule has 0 saturated carbocycles. The van der Waals surface area contributed by atoms with Crippen molar-refractivity contribution in [3.05, 3.63) is 35.4 Å². The predicted octanol–water partition coefficient (Wildman–Crippen LogP) is 2.66. The maximum absolute atomic E-state index is 11.7. The Morgan fingerprint density at radius 3 is 2.12 bits per heavy atom. The number of hydrogen-bond acceptors (Lipinski definition) is 2. The summed E-state index contributed by atoms with van der Waals surface area (Å²) in [5.41, 5.74) is 7.35. The van der Waals surface area contributed by atoms with E-state index in [0.717, 1.165) is 5.56 Å². The zero-order valence-electron chi connectivity index (χ0n) is 10.6. The molecule has 1 aromatic rings. The summed E-state index contributed by atoms with van der Waals surface area (Å²) in [6.07, 6.45) is 0.419. The van der Waals surface area contributed by atoms with Crippen molar-refractivity contribution in [1.82, 2.24) is 0 Å². The Morgan fingerprint density at radius 2 is 1.75 bits per heavy atom. The van der Waals surface area contributed by atoms with E-state index in [4.69, 9.17) is 5.73 Å². The van der Waals surface area contributed by atoms with Gasteiger partial charge in [-0.25, -0.2) is 0 Å². The van der Waals surface area contributed by atoms with E-state index in [0.29, 0.717) is 12.3 Å². The van der Waals surface area contributed by atoms with Gasteiger partial charge in [0, 0.05) is 6.42 Å². The van der Waals surface area contributed by atoms with Crippen LogP contribution in [-0.2, 0) is 11.2 Å². The van der Waals surface area contributed by atoms with E-state index in [9.17, 15) is 4.79 Å². The molecule has 0 bridgehead atoms. The molecule has 1 aromatic carbocycles. The Kier molecular flexibility index (Phi) is 3.87. The molecule has 88 valence electrons. The average molecular weight is 219 g/mol. The van der Waals surface area contributed by atoms with Crippen molar-refractivity contribution in [2.45, 2.75) is 45.6 Å². The van der Waals surface area contributed by atoms with Crippen LogP contribution in [0.15, 0.2) is 24.3 Å². The Labute approximate surface area is 97.9 Å². The topological polar surface area (TPSA) is 43.1 Å². The summed E-state index contributed by atoms with van der Waals surface area (Å²) >= 11 is 0. The molecule has 2 N–H and O–H groups in total. The van der Waals surface area contributed by atoms with Gasteiger partial charge in [0.2, 0.25) is 0 Å². The Balaban J connectivity index is 2.73. The normalized spacial score (nSPS) is 11.9. The summed E-state index contributed by atoms with van der Waals surface area (Å²) < 4.78 is 0. The van der Waals surface area contributed by atoms with Gasteiger partial charge in [0.05, 0.1) is 5.54 Å². The first kappa shape index (κ1) is 12.9. The molecule has 0 aliphatic carbocycles. The highest BCUT2D eigenvalue weighted by Crippen LogP contribution is 2.15. The van der Waals surface area contributed by atoms with Crippen molar-refractivity contribution in [2.24, 2.45) is 5.73 Å². The van der Waals surface area contributed by atoms with Crippen LogP contribution in [-0.4, -0.2) is 11.3 Å². The van der Waals surface area contributed by atoms with Gasteiger partial charge in [0.15, 0.2) is 5.78 Å². The lowest BCUT2D eigenvalue weighted by Gasteiger charge is -2.16. The molecule has 2 nitrogen and oxygen atoms in total. The monoisotopic (exact) mass is 219 g/mol. The molecular weight excluding hydrogens is 198 g/mol. The van der Waals surface area contributed by atoms with Crippen LogP contribution < -0.4 is 5.73 Å². The van der Waals surface area contributed by atoms with Crippen molar-refractivity contribution in [3.8, 4) is 0 Å². The molecule has 0 spiro atoms. The largest absolute Gasteiger partial charge is 0.319 e. The van der Waals surface area contributed by atoms with E-state index in [2.05, 4.69) is 26.0 Å². The number of Topliss-reactive ketones (excluding diaryl/α,β-unsaturated/α-hetero) is 1. The summed E-state index contributed by atoms with van der Waals surface area (Å²) in [5.74, 6) is 0.598. The van der Waals surface area contributed by atoms with Crippen LogP contribution in [0.3, 0.4) is 0 Å². The van der Waals surface area contributed by atoms with E-state index < -0.39 is 5.54 Å². The second-order valence-electron chi connectivity index (χ2n) is 5.22. The second-order valence-corrected chi connectivity index (χ2v) is 5.22. The molecule has 2 heteroatoms. The quantitative estimate of drug-likeness (QED) is 0.846. The van der Waals surface area contributed by atoms with Gasteiger partial charge < -0.3 is 5.73 Å². The molecule has 0 aromatic heterocycles. The van der Waals surface area contributed by atoms with E-state index in [1.54, 1.807) is 13.8 Å². The molecular formula is C14H21NO. The highest BCUT2D eigenvalue weighted by Gasteiger charge is 2.21. The molecule has 0 unspecified atom stereocenters. The molecule has 0 radical (unpaired) electrons. The van der Waals surface area contributed by atoms with Crippen LogP contribution in [0.4, 0.5) is 0 Å². The molecule has 0 atom stereocenters. The van der Waals surface area contributed by atoms with Gasteiger partial charge in [-0.15, -0.1) is 0 Å². The van der Waals surface area contributed by atoms with Gasteiger partial charge in [-0.2, -0.15) is 0 Å². The van der Waals surface area contributed by atoms with Gasteiger partial charge >= 0.3 is 0 Å². The van der Waals surface area contributed by atoms with Gasteiger partial charge in [-0.1, -0.05) is 38.1 Å². The number of ketones is 1. The van der Waals surface area contributed by atoms with Crippen molar-refractivity contribution in [2.75, 3.05) is 0 Å². The zero-order valence-corrected chi connectivity index (χ0v) is 10.6. The van der Waals surface area contributed by atoms with E-state index >= 15 is 0 Å². The number of hydrogen-bond donors (Lipinski definition) is 1. The molecule has 1 rings (SSSR count). The van der Waals surface area contributed by atoms with E-state index in [1.807, 2.05) is 12.1 Å².